The first-order chi connectivity index (χ1) is 11.6. The first-order valence-corrected chi connectivity index (χ1v) is 7.29. The summed E-state index contributed by atoms with van der Waals surface area (Å²) in [5, 5.41) is 11.4. The van der Waals surface area contributed by atoms with E-state index in [1.54, 1.807) is 24.3 Å². The molecule has 24 heavy (non-hydrogen) atoms. The number of carbonyl (C=O) groups excluding carboxylic acids is 1. The number of aliphatic hydroxyl groups excluding tert-OH is 1. The predicted octanol–water partition coefficient (Wildman–Crippen LogP) is 3.00. The van der Waals surface area contributed by atoms with Crippen molar-refractivity contribution in [3.8, 4) is 5.75 Å². The SMILES string of the molecule is COc1ccccc1CN(CCO)C(=O)Nc1c(F)cccc1F. The Morgan fingerprint density at radius 3 is 2.46 bits per heavy atom. The van der Waals surface area contributed by atoms with Gasteiger partial charge in [0.2, 0.25) is 0 Å². The zero-order chi connectivity index (χ0) is 17.5. The molecule has 0 atom stereocenters. The van der Waals surface area contributed by atoms with Crippen LogP contribution in [0.1, 0.15) is 5.56 Å². The van der Waals surface area contributed by atoms with Crippen LogP contribution in [0.5, 0.6) is 5.75 Å². The van der Waals surface area contributed by atoms with Crippen LogP contribution in [0, 0.1) is 11.6 Å². The third-order valence-electron chi connectivity index (χ3n) is 3.41. The highest BCUT2D eigenvalue weighted by Crippen LogP contribution is 2.21. The van der Waals surface area contributed by atoms with Crippen molar-refractivity contribution in [1.29, 1.82) is 0 Å². The number of hydrogen-bond acceptors (Lipinski definition) is 3. The molecule has 0 unspecified atom stereocenters. The van der Waals surface area contributed by atoms with Crippen LogP contribution in [0.4, 0.5) is 19.3 Å². The number of benzene rings is 2. The molecule has 2 aromatic rings. The second-order valence-corrected chi connectivity index (χ2v) is 4.98. The second kappa shape index (κ2) is 8.26. The number of para-hydroxylation sites is 2. The maximum atomic E-state index is 13.7. The third kappa shape index (κ3) is 4.20. The van der Waals surface area contributed by atoms with Gasteiger partial charge in [-0.1, -0.05) is 24.3 Å². The number of nitrogens with zero attached hydrogens (tertiary/aromatic N) is 1. The maximum Gasteiger partial charge on any atom is 0.322 e. The molecule has 0 saturated carbocycles. The average Bonchev–Trinajstić information content (AvgIpc) is 2.58. The van der Waals surface area contributed by atoms with Gasteiger partial charge in [0.05, 0.1) is 20.3 Å². The predicted molar refractivity (Wildman–Crippen MR) is 85.9 cm³/mol. The fourth-order valence-corrected chi connectivity index (χ4v) is 2.22. The summed E-state index contributed by atoms with van der Waals surface area (Å²) in [4.78, 5) is 13.6. The Morgan fingerprint density at radius 1 is 1.17 bits per heavy atom. The van der Waals surface area contributed by atoms with Crippen molar-refractivity contribution in [2.24, 2.45) is 0 Å². The lowest BCUT2D eigenvalue weighted by Gasteiger charge is -2.23. The lowest BCUT2D eigenvalue weighted by atomic mass is 10.2. The number of rotatable bonds is 6. The lowest BCUT2D eigenvalue weighted by Crippen LogP contribution is -2.37. The van der Waals surface area contributed by atoms with Crippen LogP contribution in [0.3, 0.4) is 0 Å². The van der Waals surface area contributed by atoms with Gasteiger partial charge in [0.25, 0.3) is 0 Å². The fourth-order valence-electron chi connectivity index (χ4n) is 2.22. The average molecular weight is 336 g/mol. The molecule has 0 aliphatic rings. The van der Waals surface area contributed by atoms with Gasteiger partial charge in [-0.25, -0.2) is 13.6 Å². The molecular formula is C17H18F2N2O3. The summed E-state index contributed by atoms with van der Waals surface area (Å²) in [5.41, 5.74) is 0.183. The number of amides is 2. The van der Waals surface area contributed by atoms with Gasteiger partial charge in [0.1, 0.15) is 23.1 Å². The summed E-state index contributed by atoms with van der Waals surface area (Å²) in [5.74, 6) is -1.17. The highest BCUT2D eigenvalue weighted by atomic mass is 19.1. The molecule has 128 valence electrons. The summed E-state index contributed by atoms with van der Waals surface area (Å²) in [6.07, 6.45) is 0. The van der Waals surface area contributed by atoms with Gasteiger partial charge in [-0.05, 0) is 18.2 Å². The monoisotopic (exact) mass is 336 g/mol. The van der Waals surface area contributed by atoms with E-state index in [1.807, 2.05) is 0 Å². The molecule has 5 nitrogen and oxygen atoms in total. The molecule has 2 amide bonds. The fraction of sp³-hybridized carbons (Fsp3) is 0.235. The van der Waals surface area contributed by atoms with Crippen LogP contribution in [0.25, 0.3) is 0 Å². The Labute approximate surface area is 138 Å². The van der Waals surface area contributed by atoms with E-state index in [9.17, 15) is 13.6 Å². The quantitative estimate of drug-likeness (QED) is 0.852. The van der Waals surface area contributed by atoms with Gasteiger partial charge in [-0.15, -0.1) is 0 Å². The number of halogens is 2. The molecule has 0 saturated heterocycles. The zero-order valence-electron chi connectivity index (χ0n) is 13.1. The van der Waals surface area contributed by atoms with Gasteiger partial charge < -0.3 is 20.1 Å². The van der Waals surface area contributed by atoms with E-state index >= 15 is 0 Å². The van der Waals surface area contributed by atoms with Crippen molar-refractivity contribution in [2.75, 3.05) is 25.6 Å². The summed E-state index contributed by atoms with van der Waals surface area (Å²) in [7, 11) is 1.50. The van der Waals surface area contributed by atoms with Gasteiger partial charge >= 0.3 is 6.03 Å². The van der Waals surface area contributed by atoms with E-state index in [0.717, 1.165) is 12.1 Å². The van der Waals surface area contributed by atoms with Crippen molar-refractivity contribution in [2.45, 2.75) is 6.54 Å². The number of ether oxygens (including phenoxy) is 1. The topological polar surface area (TPSA) is 61.8 Å². The number of aliphatic hydroxyl groups is 1. The molecule has 0 fully saturated rings. The molecule has 0 aliphatic heterocycles. The van der Waals surface area contributed by atoms with Crippen molar-refractivity contribution in [3.05, 3.63) is 59.7 Å². The first kappa shape index (κ1) is 17.7. The Bertz CT molecular complexity index is 690. The molecule has 2 N–H and O–H groups in total. The molecule has 0 spiro atoms. The van der Waals surface area contributed by atoms with Crippen LogP contribution in [-0.4, -0.2) is 36.3 Å². The number of hydrogen-bond donors (Lipinski definition) is 2. The highest BCUT2D eigenvalue weighted by molar-refractivity contribution is 5.89. The van der Waals surface area contributed by atoms with Crippen molar-refractivity contribution >= 4 is 11.7 Å². The van der Waals surface area contributed by atoms with Crippen LogP contribution in [0.15, 0.2) is 42.5 Å². The van der Waals surface area contributed by atoms with E-state index in [0.29, 0.717) is 11.3 Å². The number of urea groups is 1. The van der Waals surface area contributed by atoms with Crippen molar-refractivity contribution in [1.82, 2.24) is 4.90 Å². The Kier molecular flexibility index (Phi) is 6.08. The molecule has 0 heterocycles. The summed E-state index contributed by atoms with van der Waals surface area (Å²) in [6.45, 7) is -0.172. The van der Waals surface area contributed by atoms with Crippen LogP contribution in [0.2, 0.25) is 0 Å². The summed E-state index contributed by atoms with van der Waals surface area (Å²) in [6, 6.07) is 9.66. The number of carbonyl (C=O) groups is 1. The summed E-state index contributed by atoms with van der Waals surface area (Å²) >= 11 is 0. The van der Waals surface area contributed by atoms with Crippen molar-refractivity contribution < 1.29 is 23.4 Å². The second-order valence-electron chi connectivity index (χ2n) is 4.98. The maximum absolute atomic E-state index is 13.7. The minimum absolute atomic E-state index is 0.0000461. The minimum Gasteiger partial charge on any atom is -0.496 e. The molecule has 0 aliphatic carbocycles. The van der Waals surface area contributed by atoms with Crippen LogP contribution >= 0.6 is 0 Å². The van der Waals surface area contributed by atoms with E-state index in [2.05, 4.69) is 5.32 Å². The van der Waals surface area contributed by atoms with Gasteiger partial charge in [0, 0.05) is 12.1 Å². The Hall–Kier alpha value is -2.67. The standard InChI is InChI=1S/C17H18F2N2O3/c1-24-15-8-3-2-5-12(15)11-21(9-10-22)17(23)20-16-13(18)6-4-7-14(16)19/h2-8,22H,9-11H2,1H3,(H,20,23). The van der Waals surface area contributed by atoms with Crippen molar-refractivity contribution in [3.63, 3.8) is 0 Å². The molecule has 0 aromatic heterocycles. The molecule has 0 radical (unpaired) electrons. The van der Waals surface area contributed by atoms with Crippen LogP contribution < -0.4 is 10.1 Å². The zero-order valence-corrected chi connectivity index (χ0v) is 13.1. The molecule has 0 bridgehead atoms. The minimum atomic E-state index is -0.871. The van der Waals surface area contributed by atoms with Gasteiger partial charge in [0.15, 0.2) is 0 Å². The van der Waals surface area contributed by atoms with E-state index in [4.69, 9.17) is 9.84 Å². The molecule has 7 heteroatoms. The van der Waals surface area contributed by atoms with Crippen LogP contribution in [-0.2, 0) is 6.54 Å². The Balaban J connectivity index is 2.19. The van der Waals surface area contributed by atoms with Gasteiger partial charge in [-0.3, -0.25) is 0 Å². The number of nitrogens with one attached hydrogen (secondary N) is 1. The normalized spacial score (nSPS) is 10.3. The Morgan fingerprint density at radius 2 is 1.83 bits per heavy atom. The highest BCUT2D eigenvalue weighted by Gasteiger charge is 2.19. The largest absolute Gasteiger partial charge is 0.496 e. The first-order valence-electron chi connectivity index (χ1n) is 7.29. The van der Waals surface area contributed by atoms with E-state index in [1.165, 1.54) is 18.1 Å². The molecule has 2 rings (SSSR count). The number of methoxy groups -OCH3 is 1. The van der Waals surface area contributed by atoms with E-state index < -0.39 is 23.4 Å². The van der Waals surface area contributed by atoms with E-state index in [-0.39, 0.29) is 19.7 Å². The molecular weight excluding hydrogens is 318 g/mol. The third-order valence-corrected chi connectivity index (χ3v) is 3.41. The summed E-state index contributed by atoms with van der Waals surface area (Å²) < 4.78 is 32.5. The lowest BCUT2D eigenvalue weighted by molar-refractivity contribution is 0.184. The number of anilines is 1. The smallest absolute Gasteiger partial charge is 0.322 e. The van der Waals surface area contributed by atoms with Gasteiger partial charge in [-0.2, -0.15) is 0 Å². The molecule has 2 aromatic carbocycles.